The smallest absolute Gasteiger partial charge is 0.255 e. The molecule has 4 heteroatoms. The quantitative estimate of drug-likeness (QED) is 0.718. The van der Waals surface area contributed by atoms with E-state index in [0.717, 1.165) is 37.2 Å². The number of hydrogen-bond donors (Lipinski definition) is 0. The van der Waals surface area contributed by atoms with E-state index in [1.165, 1.54) is 5.56 Å². The monoisotopic (exact) mass is 343 g/mol. The minimum atomic E-state index is 0.0378. The average Bonchev–Trinajstić information content (AvgIpc) is 3.19. The van der Waals surface area contributed by atoms with Crippen molar-refractivity contribution in [1.29, 1.82) is 0 Å². The van der Waals surface area contributed by atoms with E-state index in [-0.39, 0.29) is 11.9 Å². The van der Waals surface area contributed by atoms with Crippen LogP contribution < -0.4 is 0 Å². The molecule has 1 aliphatic rings. The van der Waals surface area contributed by atoms with E-state index in [1.54, 1.807) is 18.5 Å². The molecule has 1 atom stereocenters. The van der Waals surface area contributed by atoms with Crippen LogP contribution in [0.4, 0.5) is 0 Å². The Morgan fingerprint density at radius 2 is 1.92 bits per heavy atom. The number of amides is 1. The van der Waals surface area contributed by atoms with Crippen molar-refractivity contribution in [2.24, 2.45) is 0 Å². The summed E-state index contributed by atoms with van der Waals surface area (Å²) < 4.78 is 0. The Bertz CT molecular complexity index is 880. The Hall–Kier alpha value is -3.01. The molecule has 4 nitrogen and oxygen atoms in total. The molecule has 1 amide bonds. The van der Waals surface area contributed by atoms with Gasteiger partial charge in [-0.25, -0.2) is 0 Å². The van der Waals surface area contributed by atoms with Gasteiger partial charge in [0.2, 0.25) is 0 Å². The van der Waals surface area contributed by atoms with Crippen molar-refractivity contribution in [2.75, 3.05) is 6.54 Å². The minimum Gasteiger partial charge on any atom is -0.330 e. The Kier molecular flexibility index (Phi) is 4.73. The van der Waals surface area contributed by atoms with E-state index in [2.05, 4.69) is 23.2 Å². The molecular weight excluding hydrogens is 322 g/mol. The lowest BCUT2D eigenvalue weighted by Gasteiger charge is -2.24. The van der Waals surface area contributed by atoms with Gasteiger partial charge in [0.25, 0.3) is 5.91 Å². The number of carbonyl (C=O) groups is 1. The van der Waals surface area contributed by atoms with Crippen molar-refractivity contribution in [3.63, 3.8) is 0 Å². The van der Waals surface area contributed by atoms with Crippen LogP contribution in [-0.2, 0) is 6.42 Å². The van der Waals surface area contributed by atoms with Crippen molar-refractivity contribution < 1.29 is 4.79 Å². The molecule has 0 unspecified atom stereocenters. The highest BCUT2D eigenvalue weighted by Crippen LogP contribution is 2.32. The lowest BCUT2D eigenvalue weighted by molar-refractivity contribution is 0.0732. The van der Waals surface area contributed by atoms with Crippen LogP contribution in [0.25, 0.3) is 0 Å². The van der Waals surface area contributed by atoms with Crippen LogP contribution >= 0.6 is 0 Å². The fraction of sp³-hybridized carbons (Fsp3) is 0.227. The molecule has 0 aliphatic carbocycles. The van der Waals surface area contributed by atoms with Crippen molar-refractivity contribution in [3.8, 4) is 0 Å². The van der Waals surface area contributed by atoms with Crippen LogP contribution in [0.2, 0.25) is 0 Å². The standard InChI is InChI=1S/C22H21N3O/c26-22(18-9-5-13-23-16-18)25-14-6-12-21(25)20-11-4-10-19(24-20)15-17-7-2-1-3-8-17/h1-5,7-11,13,16,21H,6,12,14-15H2/t21-/m1/s1. The van der Waals surface area contributed by atoms with E-state index in [1.807, 2.05) is 41.3 Å². The Morgan fingerprint density at radius 3 is 2.73 bits per heavy atom. The Labute approximate surface area is 153 Å². The summed E-state index contributed by atoms with van der Waals surface area (Å²) in [7, 11) is 0. The van der Waals surface area contributed by atoms with Crippen molar-refractivity contribution >= 4 is 5.91 Å². The molecule has 1 saturated heterocycles. The second-order valence-corrected chi connectivity index (χ2v) is 6.61. The van der Waals surface area contributed by atoms with E-state index in [9.17, 15) is 4.79 Å². The maximum atomic E-state index is 12.9. The molecule has 1 aromatic carbocycles. The predicted octanol–water partition coefficient (Wildman–Crippen LogP) is 4.04. The van der Waals surface area contributed by atoms with Crippen molar-refractivity contribution in [3.05, 3.63) is 95.6 Å². The topological polar surface area (TPSA) is 46.1 Å². The molecule has 3 heterocycles. The molecule has 26 heavy (non-hydrogen) atoms. The highest BCUT2D eigenvalue weighted by Gasteiger charge is 2.31. The van der Waals surface area contributed by atoms with E-state index in [0.29, 0.717) is 5.56 Å². The molecule has 1 fully saturated rings. The van der Waals surface area contributed by atoms with Gasteiger partial charge in [-0.1, -0.05) is 36.4 Å². The summed E-state index contributed by atoms with van der Waals surface area (Å²) in [5.74, 6) is 0.0378. The van der Waals surface area contributed by atoms with Gasteiger partial charge in [0.1, 0.15) is 0 Å². The molecule has 0 bridgehead atoms. The molecule has 0 radical (unpaired) electrons. The lowest BCUT2D eigenvalue weighted by Crippen LogP contribution is -2.31. The van der Waals surface area contributed by atoms with Crippen LogP contribution in [0, 0.1) is 0 Å². The maximum absolute atomic E-state index is 12.9. The van der Waals surface area contributed by atoms with Crippen LogP contribution in [0.5, 0.6) is 0 Å². The molecule has 4 rings (SSSR count). The van der Waals surface area contributed by atoms with Gasteiger partial charge in [-0.05, 0) is 42.7 Å². The summed E-state index contributed by atoms with van der Waals surface area (Å²) in [5, 5.41) is 0. The molecule has 2 aromatic heterocycles. The Morgan fingerprint density at radius 1 is 1.04 bits per heavy atom. The second-order valence-electron chi connectivity index (χ2n) is 6.61. The van der Waals surface area contributed by atoms with E-state index in [4.69, 9.17) is 4.98 Å². The molecule has 0 spiro atoms. The second kappa shape index (κ2) is 7.48. The summed E-state index contributed by atoms with van der Waals surface area (Å²) in [4.78, 5) is 23.7. The normalized spacial score (nSPS) is 16.6. The number of likely N-dealkylation sites (tertiary alicyclic amines) is 1. The number of aromatic nitrogens is 2. The SMILES string of the molecule is O=C(c1cccnc1)N1CCC[C@@H]1c1cccc(Cc2ccccc2)n1. The van der Waals surface area contributed by atoms with Gasteiger partial charge in [0.15, 0.2) is 0 Å². The molecule has 130 valence electrons. The zero-order valence-electron chi connectivity index (χ0n) is 14.6. The molecular formula is C22H21N3O. The number of hydrogen-bond acceptors (Lipinski definition) is 3. The van der Waals surface area contributed by atoms with Gasteiger partial charge in [0.05, 0.1) is 17.3 Å². The van der Waals surface area contributed by atoms with Gasteiger partial charge >= 0.3 is 0 Å². The number of carbonyl (C=O) groups excluding carboxylic acids is 1. The molecule has 1 aliphatic heterocycles. The van der Waals surface area contributed by atoms with E-state index >= 15 is 0 Å². The summed E-state index contributed by atoms with van der Waals surface area (Å²) in [6.07, 6.45) is 6.08. The highest BCUT2D eigenvalue weighted by atomic mass is 16.2. The first-order valence-electron chi connectivity index (χ1n) is 9.02. The third kappa shape index (κ3) is 3.49. The minimum absolute atomic E-state index is 0.0378. The van der Waals surface area contributed by atoms with Crippen LogP contribution in [0.1, 0.15) is 46.2 Å². The predicted molar refractivity (Wildman–Crippen MR) is 101 cm³/mol. The average molecular weight is 343 g/mol. The zero-order valence-corrected chi connectivity index (χ0v) is 14.6. The summed E-state index contributed by atoms with van der Waals surface area (Å²) in [6, 6.07) is 20.1. The van der Waals surface area contributed by atoms with Crippen LogP contribution in [0.3, 0.4) is 0 Å². The molecule has 0 N–H and O–H groups in total. The summed E-state index contributed by atoms with van der Waals surface area (Å²) in [5.41, 5.74) is 3.90. The summed E-state index contributed by atoms with van der Waals surface area (Å²) in [6.45, 7) is 0.767. The summed E-state index contributed by atoms with van der Waals surface area (Å²) >= 11 is 0. The highest BCUT2D eigenvalue weighted by molar-refractivity contribution is 5.94. The number of pyridine rings is 2. The number of rotatable bonds is 4. The third-order valence-electron chi connectivity index (χ3n) is 4.82. The molecule has 0 saturated carbocycles. The largest absolute Gasteiger partial charge is 0.330 e. The first-order valence-corrected chi connectivity index (χ1v) is 9.02. The van der Waals surface area contributed by atoms with Gasteiger partial charge in [-0.3, -0.25) is 14.8 Å². The van der Waals surface area contributed by atoms with Gasteiger partial charge in [-0.15, -0.1) is 0 Å². The maximum Gasteiger partial charge on any atom is 0.255 e. The third-order valence-corrected chi connectivity index (χ3v) is 4.82. The van der Waals surface area contributed by atoms with E-state index < -0.39 is 0 Å². The first kappa shape index (κ1) is 16.5. The van der Waals surface area contributed by atoms with Crippen LogP contribution in [0.15, 0.2) is 73.1 Å². The fourth-order valence-corrected chi connectivity index (χ4v) is 3.56. The fourth-order valence-electron chi connectivity index (χ4n) is 3.56. The van der Waals surface area contributed by atoms with Crippen LogP contribution in [-0.4, -0.2) is 27.3 Å². The number of benzene rings is 1. The lowest BCUT2D eigenvalue weighted by atomic mass is 10.1. The van der Waals surface area contributed by atoms with Gasteiger partial charge < -0.3 is 4.90 Å². The Balaban J connectivity index is 1.56. The molecule has 3 aromatic rings. The zero-order chi connectivity index (χ0) is 17.8. The van der Waals surface area contributed by atoms with Gasteiger partial charge in [0, 0.05) is 31.1 Å². The van der Waals surface area contributed by atoms with Crippen molar-refractivity contribution in [2.45, 2.75) is 25.3 Å². The van der Waals surface area contributed by atoms with Crippen molar-refractivity contribution in [1.82, 2.24) is 14.9 Å². The number of nitrogens with zero attached hydrogens (tertiary/aromatic N) is 3. The van der Waals surface area contributed by atoms with Gasteiger partial charge in [-0.2, -0.15) is 0 Å². The first-order chi connectivity index (χ1) is 12.8.